The maximum atomic E-state index is 3.48. The molecular weight excluding hydrogens is 226 g/mol. The highest BCUT2D eigenvalue weighted by atomic mass is 32.2. The normalized spacial score (nSPS) is 13.0. The van der Waals surface area contributed by atoms with Crippen LogP contribution in [0, 0.1) is 5.92 Å². The van der Waals surface area contributed by atoms with E-state index in [9.17, 15) is 0 Å². The maximum Gasteiger partial charge on any atom is 0.0216 e. The third kappa shape index (κ3) is 5.13. The van der Waals surface area contributed by atoms with Crippen molar-refractivity contribution < 1.29 is 0 Å². The second kappa shape index (κ2) is 7.78. The summed E-state index contributed by atoms with van der Waals surface area (Å²) in [5, 5.41) is 4.15. The van der Waals surface area contributed by atoms with Crippen LogP contribution in [0.4, 0.5) is 0 Å². The Labute approximate surface area is 110 Å². The van der Waals surface area contributed by atoms with E-state index < -0.39 is 0 Å². The van der Waals surface area contributed by atoms with Crippen molar-refractivity contribution in [2.24, 2.45) is 5.92 Å². The third-order valence-corrected chi connectivity index (χ3v) is 4.53. The molecule has 1 rings (SSSR count). The number of hydrogen-bond donors (Lipinski definition) is 1. The molecule has 0 aromatic heterocycles. The SMILES string of the molecule is CCCNCc1ccccc1SC(C)C(C)C. The molecule has 0 heterocycles. The zero-order valence-corrected chi connectivity index (χ0v) is 12.3. The molecule has 0 radical (unpaired) electrons. The molecule has 1 atom stereocenters. The van der Waals surface area contributed by atoms with Crippen molar-refractivity contribution in [2.75, 3.05) is 6.54 Å². The van der Waals surface area contributed by atoms with Gasteiger partial charge in [0.05, 0.1) is 0 Å². The van der Waals surface area contributed by atoms with Crippen molar-refractivity contribution in [1.82, 2.24) is 5.32 Å². The molecule has 0 bridgehead atoms. The molecule has 17 heavy (non-hydrogen) atoms. The average Bonchev–Trinajstić information content (AvgIpc) is 2.31. The molecule has 1 aromatic rings. The summed E-state index contributed by atoms with van der Waals surface area (Å²) in [7, 11) is 0. The predicted octanol–water partition coefficient (Wildman–Crippen LogP) is 4.32. The highest BCUT2D eigenvalue weighted by molar-refractivity contribution is 8.00. The summed E-state index contributed by atoms with van der Waals surface area (Å²) < 4.78 is 0. The Hall–Kier alpha value is -0.470. The standard InChI is InChI=1S/C15H25NS/c1-5-10-16-11-14-8-6-7-9-15(14)17-13(4)12(2)3/h6-9,12-13,16H,5,10-11H2,1-4H3. The van der Waals surface area contributed by atoms with Crippen LogP contribution in [0.1, 0.15) is 39.7 Å². The summed E-state index contributed by atoms with van der Waals surface area (Å²) in [5.41, 5.74) is 1.43. The van der Waals surface area contributed by atoms with Crippen LogP contribution in [0.25, 0.3) is 0 Å². The smallest absolute Gasteiger partial charge is 0.0216 e. The fourth-order valence-corrected chi connectivity index (χ4v) is 2.62. The number of benzene rings is 1. The van der Waals surface area contributed by atoms with E-state index in [1.807, 2.05) is 11.8 Å². The van der Waals surface area contributed by atoms with Crippen LogP contribution in [0.5, 0.6) is 0 Å². The van der Waals surface area contributed by atoms with Crippen molar-refractivity contribution >= 4 is 11.8 Å². The Morgan fingerprint density at radius 2 is 1.88 bits per heavy atom. The van der Waals surface area contributed by atoms with Crippen LogP contribution >= 0.6 is 11.8 Å². The zero-order chi connectivity index (χ0) is 12.7. The molecule has 0 spiro atoms. The molecule has 1 N–H and O–H groups in total. The summed E-state index contributed by atoms with van der Waals surface area (Å²) in [5.74, 6) is 0.719. The molecule has 1 nitrogen and oxygen atoms in total. The lowest BCUT2D eigenvalue weighted by Crippen LogP contribution is -2.15. The fraction of sp³-hybridized carbons (Fsp3) is 0.600. The van der Waals surface area contributed by atoms with E-state index in [0.29, 0.717) is 5.25 Å². The minimum Gasteiger partial charge on any atom is -0.313 e. The molecule has 1 aromatic carbocycles. The Balaban J connectivity index is 2.63. The lowest BCUT2D eigenvalue weighted by Gasteiger charge is -2.17. The first-order valence-electron chi connectivity index (χ1n) is 6.60. The van der Waals surface area contributed by atoms with Crippen molar-refractivity contribution in [3.63, 3.8) is 0 Å². The number of hydrogen-bond acceptors (Lipinski definition) is 2. The van der Waals surface area contributed by atoms with Gasteiger partial charge in [-0.15, -0.1) is 11.8 Å². The monoisotopic (exact) mass is 251 g/mol. The van der Waals surface area contributed by atoms with Crippen LogP contribution in [-0.2, 0) is 6.54 Å². The Bertz CT molecular complexity index is 322. The van der Waals surface area contributed by atoms with Gasteiger partial charge in [0.2, 0.25) is 0 Å². The molecular formula is C15H25NS. The minimum atomic E-state index is 0.669. The Morgan fingerprint density at radius 3 is 2.53 bits per heavy atom. The van der Waals surface area contributed by atoms with Gasteiger partial charge in [-0.1, -0.05) is 45.9 Å². The van der Waals surface area contributed by atoms with Crippen molar-refractivity contribution in [3.05, 3.63) is 29.8 Å². The second-order valence-corrected chi connectivity index (χ2v) is 6.27. The van der Waals surface area contributed by atoms with Gasteiger partial charge in [0.25, 0.3) is 0 Å². The molecule has 2 heteroatoms. The summed E-state index contributed by atoms with van der Waals surface area (Å²) >= 11 is 2.00. The number of nitrogens with one attached hydrogen (secondary N) is 1. The van der Waals surface area contributed by atoms with E-state index in [1.54, 1.807) is 0 Å². The lowest BCUT2D eigenvalue weighted by molar-refractivity contribution is 0.640. The first kappa shape index (κ1) is 14.6. The Kier molecular flexibility index (Phi) is 6.68. The van der Waals surface area contributed by atoms with Crippen molar-refractivity contribution in [2.45, 2.75) is 50.8 Å². The van der Waals surface area contributed by atoms with E-state index in [0.717, 1.165) is 19.0 Å². The maximum absolute atomic E-state index is 3.48. The predicted molar refractivity (Wildman–Crippen MR) is 78.6 cm³/mol. The van der Waals surface area contributed by atoms with E-state index >= 15 is 0 Å². The van der Waals surface area contributed by atoms with E-state index in [4.69, 9.17) is 0 Å². The van der Waals surface area contributed by atoms with Crippen LogP contribution in [0.15, 0.2) is 29.2 Å². The molecule has 0 saturated heterocycles. The molecule has 0 aliphatic carbocycles. The molecule has 0 amide bonds. The summed E-state index contributed by atoms with van der Waals surface area (Å²) in [6, 6.07) is 8.75. The van der Waals surface area contributed by atoms with Crippen molar-refractivity contribution in [1.29, 1.82) is 0 Å². The highest BCUT2D eigenvalue weighted by Gasteiger charge is 2.11. The largest absolute Gasteiger partial charge is 0.313 e. The van der Waals surface area contributed by atoms with Gasteiger partial charge >= 0.3 is 0 Å². The lowest BCUT2D eigenvalue weighted by atomic mass is 10.2. The first-order valence-corrected chi connectivity index (χ1v) is 7.48. The fourth-order valence-electron chi connectivity index (χ4n) is 1.50. The van der Waals surface area contributed by atoms with Crippen LogP contribution in [-0.4, -0.2) is 11.8 Å². The summed E-state index contributed by atoms with van der Waals surface area (Å²) in [6.07, 6.45) is 1.19. The van der Waals surface area contributed by atoms with Crippen LogP contribution < -0.4 is 5.32 Å². The topological polar surface area (TPSA) is 12.0 Å². The van der Waals surface area contributed by atoms with Gasteiger partial charge in [0.1, 0.15) is 0 Å². The first-order chi connectivity index (χ1) is 8.15. The molecule has 0 fully saturated rings. The highest BCUT2D eigenvalue weighted by Crippen LogP contribution is 2.30. The van der Waals surface area contributed by atoms with Gasteiger partial charge in [-0.3, -0.25) is 0 Å². The zero-order valence-electron chi connectivity index (χ0n) is 11.5. The number of thioether (sulfide) groups is 1. The van der Waals surface area contributed by atoms with Crippen molar-refractivity contribution in [3.8, 4) is 0 Å². The van der Waals surface area contributed by atoms with Gasteiger partial charge in [0, 0.05) is 16.7 Å². The van der Waals surface area contributed by atoms with E-state index in [-0.39, 0.29) is 0 Å². The van der Waals surface area contributed by atoms with Gasteiger partial charge in [-0.2, -0.15) is 0 Å². The molecule has 96 valence electrons. The van der Waals surface area contributed by atoms with Gasteiger partial charge in [-0.05, 0) is 30.5 Å². The average molecular weight is 251 g/mol. The quantitative estimate of drug-likeness (QED) is 0.572. The number of rotatable bonds is 7. The molecule has 0 aliphatic rings. The summed E-state index contributed by atoms with van der Waals surface area (Å²) in [6.45, 7) is 11.2. The second-order valence-electron chi connectivity index (χ2n) is 4.85. The van der Waals surface area contributed by atoms with Crippen LogP contribution in [0.2, 0.25) is 0 Å². The molecule has 0 aliphatic heterocycles. The third-order valence-electron chi connectivity index (χ3n) is 2.97. The van der Waals surface area contributed by atoms with Gasteiger partial charge in [0.15, 0.2) is 0 Å². The van der Waals surface area contributed by atoms with Crippen LogP contribution in [0.3, 0.4) is 0 Å². The van der Waals surface area contributed by atoms with Gasteiger partial charge < -0.3 is 5.32 Å². The van der Waals surface area contributed by atoms with E-state index in [2.05, 4.69) is 57.3 Å². The molecule has 1 unspecified atom stereocenters. The summed E-state index contributed by atoms with van der Waals surface area (Å²) in [4.78, 5) is 1.43. The van der Waals surface area contributed by atoms with Gasteiger partial charge in [-0.25, -0.2) is 0 Å². The minimum absolute atomic E-state index is 0.669. The molecule has 0 saturated carbocycles. The van der Waals surface area contributed by atoms with E-state index in [1.165, 1.54) is 16.9 Å². The Morgan fingerprint density at radius 1 is 1.18 bits per heavy atom.